The average molecular weight is 391 g/mol. The molecule has 25 heavy (non-hydrogen) atoms. The molecule has 0 amide bonds. The lowest BCUT2D eigenvalue weighted by Gasteiger charge is -2.31. The van der Waals surface area contributed by atoms with Gasteiger partial charge < -0.3 is 10.1 Å². The summed E-state index contributed by atoms with van der Waals surface area (Å²) in [6.45, 7) is 6.71. The molecule has 0 unspecified atom stereocenters. The standard InChI is InChI=1S/C17H26N2O4S.ClH/c1-4-18-12-14-7-9-19(10-8-14)24(21,22)15-6-5-13(2)16(11-15)17(20)23-3;/h5-6,11,14,18H,4,7-10,12H2,1-3H3;1H. The van der Waals surface area contributed by atoms with E-state index in [0.29, 0.717) is 30.1 Å². The van der Waals surface area contributed by atoms with Crippen molar-refractivity contribution in [3.05, 3.63) is 29.3 Å². The number of carbonyl (C=O) groups excluding carboxylic acids is 1. The van der Waals surface area contributed by atoms with Crippen molar-refractivity contribution < 1.29 is 17.9 Å². The summed E-state index contributed by atoms with van der Waals surface area (Å²) < 4.78 is 31.9. The van der Waals surface area contributed by atoms with Gasteiger partial charge in [0.1, 0.15) is 0 Å². The van der Waals surface area contributed by atoms with Crippen molar-refractivity contribution in [3.63, 3.8) is 0 Å². The molecule has 2 rings (SSSR count). The van der Waals surface area contributed by atoms with Crippen LogP contribution >= 0.6 is 12.4 Å². The van der Waals surface area contributed by atoms with Gasteiger partial charge in [-0.3, -0.25) is 0 Å². The minimum Gasteiger partial charge on any atom is -0.465 e. The summed E-state index contributed by atoms with van der Waals surface area (Å²) in [6.07, 6.45) is 1.70. The quantitative estimate of drug-likeness (QED) is 0.753. The maximum Gasteiger partial charge on any atom is 0.338 e. The Morgan fingerprint density at radius 2 is 1.96 bits per heavy atom. The van der Waals surface area contributed by atoms with Gasteiger partial charge in [0.25, 0.3) is 0 Å². The van der Waals surface area contributed by atoms with Gasteiger partial charge in [-0.1, -0.05) is 13.0 Å². The Bertz CT molecular complexity index is 686. The van der Waals surface area contributed by atoms with E-state index in [-0.39, 0.29) is 17.3 Å². The summed E-state index contributed by atoms with van der Waals surface area (Å²) >= 11 is 0. The van der Waals surface area contributed by atoms with Crippen LogP contribution in [0.15, 0.2) is 23.1 Å². The van der Waals surface area contributed by atoms with Crippen LogP contribution in [0.25, 0.3) is 0 Å². The first-order chi connectivity index (χ1) is 11.4. The van der Waals surface area contributed by atoms with E-state index in [4.69, 9.17) is 4.74 Å². The number of nitrogens with one attached hydrogen (secondary N) is 1. The van der Waals surface area contributed by atoms with E-state index >= 15 is 0 Å². The van der Waals surface area contributed by atoms with Crippen molar-refractivity contribution in [1.29, 1.82) is 0 Å². The predicted molar refractivity (Wildman–Crippen MR) is 99.8 cm³/mol. The number of halogens is 1. The van der Waals surface area contributed by atoms with Gasteiger partial charge in [-0.2, -0.15) is 4.31 Å². The van der Waals surface area contributed by atoms with Gasteiger partial charge in [0, 0.05) is 13.1 Å². The van der Waals surface area contributed by atoms with Gasteiger partial charge in [0.15, 0.2) is 0 Å². The van der Waals surface area contributed by atoms with E-state index < -0.39 is 16.0 Å². The van der Waals surface area contributed by atoms with E-state index in [1.165, 1.54) is 17.5 Å². The van der Waals surface area contributed by atoms with Crippen molar-refractivity contribution >= 4 is 28.4 Å². The molecule has 0 saturated carbocycles. The topological polar surface area (TPSA) is 75.7 Å². The summed E-state index contributed by atoms with van der Waals surface area (Å²) in [7, 11) is -2.29. The fourth-order valence-corrected chi connectivity index (χ4v) is 4.44. The summed E-state index contributed by atoms with van der Waals surface area (Å²) in [6, 6.07) is 4.63. The number of ether oxygens (including phenoxy) is 1. The first-order valence-electron chi connectivity index (χ1n) is 8.30. The van der Waals surface area contributed by atoms with E-state index in [1.54, 1.807) is 19.1 Å². The second-order valence-corrected chi connectivity index (χ2v) is 8.06. The molecular weight excluding hydrogens is 364 g/mol. The Morgan fingerprint density at radius 1 is 1.32 bits per heavy atom. The highest BCUT2D eigenvalue weighted by Gasteiger charge is 2.30. The second kappa shape index (κ2) is 9.52. The Balaban J connectivity index is 0.00000312. The normalized spacial score (nSPS) is 16.3. The fraction of sp³-hybridized carbons (Fsp3) is 0.588. The first-order valence-corrected chi connectivity index (χ1v) is 9.74. The highest BCUT2D eigenvalue weighted by atomic mass is 35.5. The summed E-state index contributed by atoms with van der Waals surface area (Å²) in [5, 5.41) is 3.32. The predicted octanol–water partition coefficient (Wildman–Crippen LogP) is 2.21. The lowest BCUT2D eigenvalue weighted by Crippen LogP contribution is -2.40. The van der Waals surface area contributed by atoms with Crippen molar-refractivity contribution in [1.82, 2.24) is 9.62 Å². The zero-order valence-electron chi connectivity index (χ0n) is 14.9. The molecule has 0 radical (unpaired) electrons. The lowest BCUT2D eigenvalue weighted by molar-refractivity contribution is 0.0599. The fourth-order valence-electron chi connectivity index (χ4n) is 2.94. The molecule has 1 fully saturated rings. The SMILES string of the molecule is CCNCC1CCN(S(=O)(=O)c2ccc(C)c(C(=O)OC)c2)CC1.Cl. The number of hydrogen-bond acceptors (Lipinski definition) is 5. The molecule has 1 N–H and O–H groups in total. The van der Waals surface area contributed by atoms with Crippen molar-refractivity contribution in [2.45, 2.75) is 31.6 Å². The van der Waals surface area contributed by atoms with Crippen LogP contribution in [0.3, 0.4) is 0 Å². The Kier molecular flexibility index (Phi) is 8.34. The molecule has 1 heterocycles. The number of piperidine rings is 1. The number of esters is 1. The molecule has 6 nitrogen and oxygen atoms in total. The molecule has 1 aromatic rings. The summed E-state index contributed by atoms with van der Waals surface area (Å²) in [5.41, 5.74) is 0.991. The maximum absolute atomic E-state index is 12.8. The van der Waals surface area contributed by atoms with E-state index in [2.05, 4.69) is 12.2 Å². The molecule has 0 atom stereocenters. The number of benzene rings is 1. The Morgan fingerprint density at radius 3 is 2.52 bits per heavy atom. The van der Waals surface area contributed by atoms with Crippen LogP contribution < -0.4 is 5.32 Å². The highest BCUT2D eigenvalue weighted by Crippen LogP contribution is 2.25. The second-order valence-electron chi connectivity index (χ2n) is 6.12. The molecule has 8 heteroatoms. The van der Waals surface area contributed by atoms with E-state index in [1.807, 2.05) is 0 Å². The van der Waals surface area contributed by atoms with Gasteiger partial charge in [-0.15, -0.1) is 12.4 Å². The van der Waals surface area contributed by atoms with Crippen molar-refractivity contribution in [2.75, 3.05) is 33.3 Å². The number of hydrogen-bond donors (Lipinski definition) is 1. The number of carbonyl (C=O) groups is 1. The van der Waals surface area contributed by atoms with Crippen molar-refractivity contribution in [2.24, 2.45) is 5.92 Å². The van der Waals surface area contributed by atoms with Crippen LogP contribution in [0.1, 0.15) is 35.7 Å². The highest BCUT2D eigenvalue weighted by molar-refractivity contribution is 7.89. The van der Waals surface area contributed by atoms with E-state index in [0.717, 1.165) is 25.9 Å². The van der Waals surface area contributed by atoms with Gasteiger partial charge in [-0.25, -0.2) is 13.2 Å². The number of nitrogens with zero attached hydrogens (tertiary/aromatic N) is 1. The van der Waals surface area contributed by atoms with Crippen LogP contribution in [-0.4, -0.2) is 52.0 Å². The van der Waals surface area contributed by atoms with Gasteiger partial charge in [-0.05, 0) is 56.5 Å². The zero-order chi connectivity index (χ0) is 17.7. The number of sulfonamides is 1. The third-order valence-corrected chi connectivity index (χ3v) is 6.40. The monoisotopic (exact) mass is 390 g/mol. The first kappa shape index (κ1) is 21.9. The zero-order valence-corrected chi connectivity index (χ0v) is 16.6. The molecule has 142 valence electrons. The number of rotatable bonds is 6. The number of methoxy groups -OCH3 is 1. The Labute approximate surface area is 156 Å². The van der Waals surface area contributed by atoms with Gasteiger partial charge in [0.05, 0.1) is 17.6 Å². The van der Waals surface area contributed by atoms with Crippen LogP contribution in [-0.2, 0) is 14.8 Å². The minimum atomic E-state index is -3.58. The minimum absolute atomic E-state index is 0. The molecule has 1 aliphatic rings. The third-order valence-electron chi connectivity index (χ3n) is 4.51. The molecule has 0 bridgehead atoms. The van der Waals surface area contributed by atoms with E-state index in [9.17, 15) is 13.2 Å². The molecule has 1 aliphatic heterocycles. The number of aryl methyl sites for hydroxylation is 1. The van der Waals surface area contributed by atoms with Gasteiger partial charge in [0.2, 0.25) is 10.0 Å². The lowest BCUT2D eigenvalue weighted by atomic mass is 9.98. The molecule has 1 aromatic carbocycles. The maximum atomic E-state index is 12.8. The smallest absolute Gasteiger partial charge is 0.338 e. The molecule has 0 spiro atoms. The summed E-state index contributed by atoms with van der Waals surface area (Å²) in [4.78, 5) is 11.9. The van der Waals surface area contributed by atoms with Gasteiger partial charge >= 0.3 is 5.97 Å². The van der Waals surface area contributed by atoms with Crippen LogP contribution in [0.4, 0.5) is 0 Å². The molecular formula is C17H27ClN2O4S. The molecule has 1 saturated heterocycles. The molecule has 0 aliphatic carbocycles. The molecule has 0 aromatic heterocycles. The van der Waals surface area contributed by atoms with Crippen molar-refractivity contribution in [3.8, 4) is 0 Å². The van der Waals surface area contributed by atoms with Crippen LogP contribution in [0.5, 0.6) is 0 Å². The Hall–Kier alpha value is -1.15. The largest absolute Gasteiger partial charge is 0.465 e. The summed E-state index contributed by atoms with van der Waals surface area (Å²) in [5.74, 6) is -0.00561. The average Bonchev–Trinajstić information content (AvgIpc) is 2.59. The van der Waals surface area contributed by atoms with Crippen LogP contribution in [0, 0.1) is 12.8 Å². The van der Waals surface area contributed by atoms with Crippen LogP contribution in [0.2, 0.25) is 0 Å². The third kappa shape index (κ3) is 5.17.